The first-order valence-electron chi connectivity index (χ1n) is 3.31. The summed E-state index contributed by atoms with van der Waals surface area (Å²) in [5.41, 5.74) is 0.807. The van der Waals surface area contributed by atoms with Crippen molar-refractivity contribution in [1.29, 1.82) is 0 Å². The smallest absolute Gasteiger partial charge is 0.317 e. The van der Waals surface area contributed by atoms with E-state index in [0.717, 1.165) is 5.56 Å². The zero-order valence-corrected chi connectivity index (χ0v) is 7.73. The van der Waals surface area contributed by atoms with Crippen molar-refractivity contribution in [3.05, 3.63) is 24.3 Å². The number of hydrogen-bond acceptors (Lipinski definition) is 3. The molecule has 0 saturated carbocycles. The molecule has 0 aromatic carbocycles. The average Bonchev–Trinajstić information content (AvgIpc) is 2.06. The van der Waals surface area contributed by atoms with Crippen LogP contribution in [0.25, 0.3) is 0 Å². The predicted octanol–water partition coefficient (Wildman–Crippen LogP) is 0.867. The summed E-state index contributed by atoms with van der Waals surface area (Å²) in [7, 11) is 0. The maximum atomic E-state index is 10.4. The van der Waals surface area contributed by atoms with Gasteiger partial charge < -0.3 is 5.11 Å². The molecule has 4 nitrogen and oxygen atoms in total. The first kappa shape index (κ1) is 9.12. The van der Waals surface area contributed by atoms with Gasteiger partial charge in [0.25, 0.3) is 0 Å². The molecule has 0 saturated heterocycles. The van der Waals surface area contributed by atoms with Crippen LogP contribution in [0.3, 0.4) is 0 Å². The minimum Gasteiger partial charge on any atom is -0.480 e. The lowest BCUT2D eigenvalue weighted by Crippen LogP contribution is -2.15. The molecule has 1 rings (SSSR count). The third kappa shape index (κ3) is 2.58. The van der Waals surface area contributed by atoms with Gasteiger partial charge in [-0.05, 0) is 12.0 Å². The van der Waals surface area contributed by atoms with Crippen molar-refractivity contribution in [2.45, 2.75) is 11.2 Å². The highest BCUT2D eigenvalue weighted by Crippen LogP contribution is 2.07. The van der Waals surface area contributed by atoms with Crippen LogP contribution in [-0.2, 0) is 11.2 Å². The molecular weight excluding hydrogens is 224 g/mol. The van der Waals surface area contributed by atoms with Crippen LogP contribution in [0.15, 0.2) is 18.7 Å². The Bertz CT molecular complexity index is 265. The van der Waals surface area contributed by atoms with Crippen molar-refractivity contribution < 1.29 is 9.90 Å². The summed E-state index contributed by atoms with van der Waals surface area (Å²) in [6.07, 6.45) is 5.01. The number of alkyl halides is 1. The fourth-order valence-electron chi connectivity index (χ4n) is 0.730. The number of aliphatic carboxylic acids is 1. The van der Waals surface area contributed by atoms with Gasteiger partial charge in [-0.3, -0.25) is 4.79 Å². The third-order valence-corrected chi connectivity index (χ3v) is 2.01. The molecule has 0 amide bonds. The lowest BCUT2D eigenvalue weighted by molar-refractivity contribution is -0.136. The van der Waals surface area contributed by atoms with Gasteiger partial charge in [0.15, 0.2) is 0 Å². The molecule has 5 heteroatoms. The quantitative estimate of drug-likeness (QED) is 0.784. The van der Waals surface area contributed by atoms with E-state index in [4.69, 9.17) is 5.11 Å². The second kappa shape index (κ2) is 4.15. The van der Waals surface area contributed by atoms with Crippen LogP contribution in [0, 0.1) is 0 Å². The number of halogens is 1. The van der Waals surface area contributed by atoms with Crippen LogP contribution >= 0.6 is 15.9 Å². The van der Waals surface area contributed by atoms with Crippen molar-refractivity contribution in [2.24, 2.45) is 0 Å². The van der Waals surface area contributed by atoms with Crippen molar-refractivity contribution in [3.63, 3.8) is 0 Å². The number of carboxylic acid groups (broad SMARTS) is 1. The summed E-state index contributed by atoms with van der Waals surface area (Å²) in [5.74, 6) is -0.876. The summed E-state index contributed by atoms with van der Waals surface area (Å²) >= 11 is 3.02. The molecular formula is C7H7BrN2O2. The highest BCUT2D eigenvalue weighted by Gasteiger charge is 2.13. The number of aromatic nitrogens is 2. The van der Waals surface area contributed by atoms with E-state index in [9.17, 15) is 4.79 Å². The maximum Gasteiger partial charge on any atom is 0.317 e. The minimum absolute atomic E-state index is 0.399. The van der Waals surface area contributed by atoms with E-state index in [1.165, 1.54) is 6.33 Å². The fourth-order valence-corrected chi connectivity index (χ4v) is 1.10. The molecule has 1 aromatic rings. The molecule has 0 aliphatic rings. The highest BCUT2D eigenvalue weighted by atomic mass is 79.9. The summed E-state index contributed by atoms with van der Waals surface area (Å²) in [6.45, 7) is 0. The SMILES string of the molecule is O=C(O)[C@@H](Br)Cc1cncnc1. The lowest BCUT2D eigenvalue weighted by atomic mass is 10.2. The van der Waals surface area contributed by atoms with Gasteiger partial charge >= 0.3 is 5.97 Å². The first-order chi connectivity index (χ1) is 5.70. The third-order valence-electron chi connectivity index (χ3n) is 1.30. The number of carboxylic acids is 1. The molecule has 12 heavy (non-hydrogen) atoms. The van der Waals surface area contributed by atoms with Gasteiger partial charge in [0.1, 0.15) is 11.2 Å². The summed E-state index contributed by atoms with van der Waals surface area (Å²) in [4.78, 5) is 17.4. The van der Waals surface area contributed by atoms with E-state index in [1.807, 2.05) is 0 Å². The van der Waals surface area contributed by atoms with Gasteiger partial charge in [-0.15, -0.1) is 0 Å². The summed E-state index contributed by atoms with van der Waals surface area (Å²) < 4.78 is 0. The topological polar surface area (TPSA) is 63.1 Å². The average molecular weight is 231 g/mol. The van der Waals surface area contributed by atoms with Crippen LogP contribution < -0.4 is 0 Å². The Kier molecular flexibility index (Phi) is 3.16. The van der Waals surface area contributed by atoms with Gasteiger partial charge in [0, 0.05) is 12.4 Å². The van der Waals surface area contributed by atoms with Crippen LogP contribution in [0.1, 0.15) is 5.56 Å². The first-order valence-corrected chi connectivity index (χ1v) is 4.22. The van der Waals surface area contributed by atoms with Gasteiger partial charge in [-0.25, -0.2) is 9.97 Å². The largest absolute Gasteiger partial charge is 0.480 e. The molecule has 0 spiro atoms. The zero-order chi connectivity index (χ0) is 8.97. The lowest BCUT2D eigenvalue weighted by Gasteiger charge is -2.02. The molecule has 1 heterocycles. The Hall–Kier alpha value is -0.970. The van der Waals surface area contributed by atoms with E-state index in [-0.39, 0.29) is 0 Å². The number of carbonyl (C=O) groups is 1. The Morgan fingerprint density at radius 1 is 1.58 bits per heavy atom. The van der Waals surface area contributed by atoms with Gasteiger partial charge in [-0.2, -0.15) is 0 Å². The van der Waals surface area contributed by atoms with Crippen LogP contribution in [0.5, 0.6) is 0 Å². The van der Waals surface area contributed by atoms with Gasteiger partial charge in [0.2, 0.25) is 0 Å². The normalized spacial score (nSPS) is 12.4. The Labute approximate surface area is 77.8 Å². The molecule has 1 atom stereocenters. The molecule has 0 bridgehead atoms. The van der Waals surface area contributed by atoms with Crippen LogP contribution in [-0.4, -0.2) is 25.9 Å². The summed E-state index contributed by atoms with van der Waals surface area (Å²) in [6, 6.07) is 0. The molecule has 0 fully saturated rings. The van der Waals surface area contributed by atoms with E-state index < -0.39 is 10.8 Å². The predicted molar refractivity (Wildman–Crippen MR) is 46.1 cm³/mol. The van der Waals surface area contributed by atoms with E-state index in [0.29, 0.717) is 6.42 Å². The zero-order valence-electron chi connectivity index (χ0n) is 6.14. The molecule has 1 aromatic heterocycles. The van der Waals surface area contributed by atoms with E-state index in [2.05, 4.69) is 25.9 Å². The van der Waals surface area contributed by atoms with Crippen molar-refractivity contribution in [2.75, 3.05) is 0 Å². The monoisotopic (exact) mass is 230 g/mol. The van der Waals surface area contributed by atoms with Crippen LogP contribution in [0.4, 0.5) is 0 Å². The second-order valence-corrected chi connectivity index (χ2v) is 3.36. The Balaban J connectivity index is 2.58. The summed E-state index contributed by atoms with van der Waals surface area (Å²) in [5, 5.41) is 8.56. The molecule has 0 aliphatic carbocycles. The van der Waals surface area contributed by atoms with Crippen LogP contribution in [0.2, 0.25) is 0 Å². The molecule has 1 N–H and O–H groups in total. The number of nitrogens with zero attached hydrogens (tertiary/aromatic N) is 2. The molecule has 64 valence electrons. The van der Waals surface area contributed by atoms with Crippen molar-refractivity contribution >= 4 is 21.9 Å². The second-order valence-electron chi connectivity index (χ2n) is 2.26. The van der Waals surface area contributed by atoms with Gasteiger partial charge in [0.05, 0.1) is 0 Å². The van der Waals surface area contributed by atoms with Crippen molar-refractivity contribution in [1.82, 2.24) is 9.97 Å². The Morgan fingerprint density at radius 3 is 2.67 bits per heavy atom. The van der Waals surface area contributed by atoms with Crippen molar-refractivity contribution in [3.8, 4) is 0 Å². The standard InChI is InChI=1S/C7H7BrN2O2/c8-6(7(11)12)1-5-2-9-4-10-3-5/h2-4,6H,1H2,(H,11,12)/t6-/m0/s1. The molecule has 0 aliphatic heterocycles. The molecule has 0 unspecified atom stereocenters. The number of rotatable bonds is 3. The highest BCUT2D eigenvalue weighted by molar-refractivity contribution is 9.10. The van der Waals surface area contributed by atoms with E-state index >= 15 is 0 Å². The number of hydrogen-bond donors (Lipinski definition) is 1. The molecule has 0 radical (unpaired) electrons. The Morgan fingerprint density at radius 2 is 2.17 bits per heavy atom. The van der Waals surface area contributed by atoms with Gasteiger partial charge in [-0.1, -0.05) is 15.9 Å². The maximum absolute atomic E-state index is 10.4. The fraction of sp³-hybridized carbons (Fsp3) is 0.286. The van der Waals surface area contributed by atoms with E-state index in [1.54, 1.807) is 12.4 Å². The minimum atomic E-state index is -0.876.